The van der Waals surface area contributed by atoms with Gasteiger partial charge in [-0.15, -0.1) is 0 Å². The van der Waals surface area contributed by atoms with Crippen molar-refractivity contribution in [2.24, 2.45) is 11.8 Å². The van der Waals surface area contributed by atoms with Crippen LogP contribution in [0.15, 0.2) is 12.4 Å². The Morgan fingerprint density at radius 2 is 2.35 bits per heavy atom. The van der Waals surface area contributed by atoms with E-state index in [9.17, 15) is 4.79 Å². The normalized spacial score (nSPS) is 18.9. The molecule has 1 aromatic rings. The molecule has 0 radical (unpaired) electrons. The lowest BCUT2D eigenvalue weighted by molar-refractivity contribution is -0.145. The van der Waals surface area contributed by atoms with Crippen LogP contribution in [-0.4, -0.2) is 38.6 Å². The Morgan fingerprint density at radius 1 is 1.65 bits per heavy atom. The van der Waals surface area contributed by atoms with Crippen LogP contribution in [0.5, 0.6) is 0 Å². The SMILES string of the molecule is CCn1ccnc1CN1CC(C(C)C(=O)O)C1. The van der Waals surface area contributed by atoms with Gasteiger partial charge in [0.25, 0.3) is 0 Å². The molecule has 1 aliphatic rings. The summed E-state index contributed by atoms with van der Waals surface area (Å²) in [5, 5.41) is 8.91. The van der Waals surface area contributed by atoms with Crippen molar-refractivity contribution in [3.8, 4) is 0 Å². The Balaban J connectivity index is 1.83. The number of carboxylic acid groups (broad SMARTS) is 1. The number of aromatic nitrogens is 2. The highest BCUT2D eigenvalue weighted by Gasteiger charge is 2.34. The fourth-order valence-electron chi connectivity index (χ4n) is 2.24. The van der Waals surface area contributed by atoms with E-state index < -0.39 is 5.97 Å². The van der Waals surface area contributed by atoms with Crippen LogP contribution in [0.3, 0.4) is 0 Å². The summed E-state index contributed by atoms with van der Waals surface area (Å²) in [5.74, 6) is 0.424. The Labute approximate surface area is 101 Å². The van der Waals surface area contributed by atoms with Crippen molar-refractivity contribution < 1.29 is 9.90 Å². The molecule has 17 heavy (non-hydrogen) atoms. The topological polar surface area (TPSA) is 58.4 Å². The largest absolute Gasteiger partial charge is 0.481 e. The van der Waals surface area contributed by atoms with Crippen LogP contribution in [0.2, 0.25) is 0 Å². The van der Waals surface area contributed by atoms with E-state index in [1.807, 2.05) is 12.4 Å². The first-order valence-corrected chi connectivity index (χ1v) is 6.07. The highest BCUT2D eigenvalue weighted by Crippen LogP contribution is 2.25. The predicted octanol–water partition coefficient (Wildman–Crippen LogP) is 1.06. The Kier molecular flexibility index (Phi) is 3.47. The first kappa shape index (κ1) is 12.1. The molecule has 5 nitrogen and oxygen atoms in total. The number of hydrogen-bond donors (Lipinski definition) is 1. The summed E-state index contributed by atoms with van der Waals surface area (Å²) in [6.07, 6.45) is 3.79. The molecule has 0 aliphatic carbocycles. The van der Waals surface area contributed by atoms with E-state index in [-0.39, 0.29) is 11.8 Å². The molecule has 5 heteroatoms. The molecule has 1 N–H and O–H groups in total. The summed E-state index contributed by atoms with van der Waals surface area (Å²) >= 11 is 0. The molecule has 0 amide bonds. The van der Waals surface area contributed by atoms with Gasteiger partial charge in [-0.3, -0.25) is 9.69 Å². The summed E-state index contributed by atoms with van der Waals surface area (Å²) in [6.45, 7) is 7.36. The Bertz CT molecular complexity index is 396. The molecule has 94 valence electrons. The highest BCUT2D eigenvalue weighted by molar-refractivity contribution is 5.70. The minimum Gasteiger partial charge on any atom is -0.481 e. The fraction of sp³-hybridized carbons (Fsp3) is 0.667. The second kappa shape index (κ2) is 4.87. The van der Waals surface area contributed by atoms with Gasteiger partial charge in [-0.2, -0.15) is 0 Å². The first-order valence-electron chi connectivity index (χ1n) is 6.07. The van der Waals surface area contributed by atoms with E-state index in [2.05, 4.69) is 21.4 Å². The van der Waals surface area contributed by atoms with Gasteiger partial charge in [-0.1, -0.05) is 6.92 Å². The molecule has 1 fully saturated rings. The summed E-state index contributed by atoms with van der Waals surface area (Å²) in [4.78, 5) is 17.4. The van der Waals surface area contributed by atoms with Crippen LogP contribution in [0.4, 0.5) is 0 Å². The molecule has 1 saturated heterocycles. The van der Waals surface area contributed by atoms with Crippen LogP contribution < -0.4 is 0 Å². The van der Waals surface area contributed by atoms with Gasteiger partial charge in [-0.25, -0.2) is 4.98 Å². The van der Waals surface area contributed by atoms with Crippen molar-refractivity contribution in [3.05, 3.63) is 18.2 Å². The maximum Gasteiger partial charge on any atom is 0.306 e. The number of imidazole rings is 1. The van der Waals surface area contributed by atoms with E-state index in [1.54, 1.807) is 6.92 Å². The fourth-order valence-corrected chi connectivity index (χ4v) is 2.24. The van der Waals surface area contributed by atoms with Crippen molar-refractivity contribution in [1.29, 1.82) is 0 Å². The minimum absolute atomic E-state index is 0.239. The number of aryl methyl sites for hydroxylation is 1. The van der Waals surface area contributed by atoms with Gasteiger partial charge in [0, 0.05) is 32.0 Å². The number of nitrogens with zero attached hydrogens (tertiary/aromatic N) is 3. The van der Waals surface area contributed by atoms with Crippen LogP contribution in [-0.2, 0) is 17.9 Å². The van der Waals surface area contributed by atoms with Gasteiger partial charge >= 0.3 is 5.97 Å². The van der Waals surface area contributed by atoms with Crippen LogP contribution in [0.1, 0.15) is 19.7 Å². The Hall–Kier alpha value is -1.36. The van der Waals surface area contributed by atoms with E-state index in [1.165, 1.54) is 0 Å². The van der Waals surface area contributed by atoms with E-state index in [4.69, 9.17) is 5.11 Å². The van der Waals surface area contributed by atoms with Crippen molar-refractivity contribution in [2.45, 2.75) is 26.9 Å². The smallest absolute Gasteiger partial charge is 0.306 e. The van der Waals surface area contributed by atoms with E-state index >= 15 is 0 Å². The maximum absolute atomic E-state index is 10.8. The van der Waals surface area contributed by atoms with E-state index in [0.717, 1.165) is 32.0 Å². The van der Waals surface area contributed by atoms with Gasteiger partial charge < -0.3 is 9.67 Å². The van der Waals surface area contributed by atoms with Gasteiger partial charge in [-0.05, 0) is 12.8 Å². The molecular formula is C12H19N3O2. The molecular weight excluding hydrogens is 218 g/mol. The molecule has 0 bridgehead atoms. The van der Waals surface area contributed by atoms with Crippen LogP contribution >= 0.6 is 0 Å². The van der Waals surface area contributed by atoms with Gasteiger partial charge in [0.15, 0.2) is 0 Å². The molecule has 2 rings (SSSR count). The quantitative estimate of drug-likeness (QED) is 0.831. The third-order valence-electron chi connectivity index (χ3n) is 3.59. The lowest BCUT2D eigenvalue weighted by atomic mass is 9.87. The summed E-state index contributed by atoms with van der Waals surface area (Å²) in [5.41, 5.74) is 0. The van der Waals surface area contributed by atoms with Gasteiger partial charge in [0.2, 0.25) is 0 Å². The Morgan fingerprint density at radius 3 is 2.94 bits per heavy atom. The van der Waals surface area contributed by atoms with Gasteiger partial charge in [0.1, 0.15) is 5.82 Å². The van der Waals surface area contributed by atoms with Crippen molar-refractivity contribution in [1.82, 2.24) is 14.5 Å². The third kappa shape index (κ3) is 2.49. The molecule has 0 spiro atoms. The third-order valence-corrected chi connectivity index (χ3v) is 3.59. The molecule has 1 atom stereocenters. The van der Waals surface area contributed by atoms with Gasteiger partial charge in [0.05, 0.1) is 12.5 Å². The van der Waals surface area contributed by atoms with Crippen molar-refractivity contribution in [2.75, 3.05) is 13.1 Å². The zero-order chi connectivity index (χ0) is 12.4. The monoisotopic (exact) mass is 237 g/mol. The number of aliphatic carboxylic acids is 1. The first-order chi connectivity index (χ1) is 8.11. The lowest BCUT2D eigenvalue weighted by Crippen LogP contribution is -2.50. The number of carboxylic acids is 1. The number of hydrogen-bond acceptors (Lipinski definition) is 3. The molecule has 0 aromatic carbocycles. The molecule has 0 saturated carbocycles. The zero-order valence-electron chi connectivity index (χ0n) is 10.3. The zero-order valence-corrected chi connectivity index (χ0v) is 10.3. The number of rotatable bonds is 5. The predicted molar refractivity (Wildman–Crippen MR) is 63.5 cm³/mol. The van der Waals surface area contributed by atoms with Crippen LogP contribution in [0, 0.1) is 11.8 Å². The van der Waals surface area contributed by atoms with Crippen LogP contribution in [0.25, 0.3) is 0 Å². The summed E-state index contributed by atoms with van der Waals surface area (Å²) < 4.78 is 2.12. The molecule has 1 unspecified atom stereocenters. The average molecular weight is 237 g/mol. The maximum atomic E-state index is 10.8. The van der Waals surface area contributed by atoms with Crippen molar-refractivity contribution >= 4 is 5.97 Å². The molecule has 1 aliphatic heterocycles. The lowest BCUT2D eigenvalue weighted by Gasteiger charge is -2.41. The number of likely N-dealkylation sites (tertiary alicyclic amines) is 1. The molecule has 1 aromatic heterocycles. The van der Waals surface area contributed by atoms with Crippen molar-refractivity contribution in [3.63, 3.8) is 0 Å². The highest BCUT2D eigenvalue weighted by atomic mass is 16.4. The van der Waals surface area contributed by atoms with E-state index in [0.29, 0.717) is 0 Å². The average Bonchev–Trinajstić information content (AvgIpc) is 2.68. The summed E-state index contributed by atoms with van der Waals surface area (Å²) in [6, 6.07) is 0. The minimum atomic E-state index is -0.690. The second-order valence-electron chi connectivity index (χ2n) is 4.71. The summed E-state index contributed by atoms with van der Waals surface area (Å²) in [7, 11) is 0. The standard InChI is InChI=1S/C12H19N3O2/c1-3-15-5-4-13-11(15)8-14-6-10(7-14)9(2)12(16)17/h4-5,9-10H,3,6-8H2,1-2H3,(H,16,17). The second-order valence-corrected chi connectivity index (χ2v) is 4.71. The number of carbonyl (C=O) groups is 1. The molecule has 2 heterocycles.